The molecule has 18 heavy (non-hydrogen) atoms. The fourth-order valence-electron chi connectivity index (χ4n) is 2.72. The van der Waals surface area contributed by atoms with Gasteiger partial charge in [0, 0.05) is 12.6 Å². The van der Waals surface area contributed by atoms with Crippen molar-refractivity contribution in [2.45, 2.75) is 46.1 Å². The van der Waals surface area contributed by atoms with E-state index in [4.69, 9.17) is 0 Å². The predicted molar refractivity (Wildman–Crippen MR) is 78.3 cm³/mol. The first-order valence-corrected chi connectivity index (χ1v) is 7.17. The molecule has 0 radical (unpaired) electrons. The van der Waals surface area contributed by atoms with Crippen LogP contribution < -0.4 is 10.6 Å². The molecule has 0 aliphatic carbocycles. The Hall–Kier alpha value is -0.860. The largest absolute Gasteiger partial charge is 0.315 e. The highest BCUT2D eigenvalue weighted by molar-refractivity contribution is 5.36. The van der Waals surface area contributed by atoms with Crippen molar-refractivity contribution in [2.75, 3.05) is 19.6 Å². The molecule has 1 atom stereocenters. The summed E-state index contributed by atoms with van der Waals surface area (Å²) in [4.78, 5) is 0. The van der Waals surface area contributed by atoms with E-state index in [2.05, 4.69) is 43.5 Å². The van der Waals surface area contributed by atoms with Gasteiger partial charge in [-0.25, -0.2) is 0 Å². The third kappa shape index (κ3) is 3.56. The zero-order valence-electron chi connectivity index (χ0n) is 12.0. The van der Waals surface area contributed by atoms with Crippen LogP contribution in [0, 0.1) is 20.8 Å². The Labute approximate surface area is 111 Å². The van der Waals surface area contributed by atoms with Crippen molar-refractivity contribution in [2.24, 2.45) is 0 Å². The van der Waals surface area contributed by atoms with Crippen molar-refractivity contribution < 1.29 is 0 Å². The zero-order valence-corrected chi connectivity index (χ0v) is 12.0. The van der Waals surface area contributed by atoms with E-state index in [0.717, 1.165) is 19.5 Å². The molecule has 1 unspecified atom stereocenters. The molecule has 0 amide bonds. The SMILES string of the molecule is Cc1cc(C)c(CCNCC2CCCN2)cc1C. The Morgan fingerprint density at radius 1 is 1.17 bits per heavy atom. The number of aryl methyl sites for hydroxylation is 3. The molecule has 2 nitrogen and oxygen atoms in total. The fourth-order valence-corrected chi connectivity index (χ4v) is 2.72. The molecule has 1 fully saturated rings. The maximum Gasteiger partial charge on any atom is 0.0192 e. The van der Waals surface area contributed by atoms with Crippen LogP contribution in [0.15, 0.2) is 12.1 Å². The van der Waals surface area contributed by atoms with Crippen molar-refractivity contribution >= 4 is 0 Å². The number of rotatable bonds is 5. The average Bonchev–Trinajstić information content (AvgIpc) is 2.84. The van der Waals surface area contributed by atoms with Gasteiger partial charge in [0.1, 0.15) is 0 Å². The first kappa shape index (κ1) is 13.6. The summed E-state index contributed by atoms with van der Waals surface area (Å²) in [7, 11) is 0. The van der Waals surface area contributed by atoms with Gasteiger partial charge in [0.2, 0.25) is 0 Å². The van der Waals surface area contributed by atoms with Gasteiger partial charge in [0.25, 0.3) is 0 Å². The van der Waals surface area contributed by atoms with Crippen LogP contribution in [0.4, 0.5) is 0 Å². The van der Waals surface area contributed by atoms with Crippen molar-refractivity contribution in [1.29, 1.82) is 0 Å². The Morgan fingerprint density at radius 2 is 1.94 bits per heavy atom. The van der Waals surface area contributed by atoms with Crippen LogP contribution >= 0.6 is 0 Å². The zero-order chi connectivity index (χ0) is 13.0. The third-order valence-corrected chi connectivity index (χ3v) is 4.08. The molecule has 0 aromatic heterocycles. The number of hydrogen-bond acceptors (Lipinski definition) is 2. The molecule has 0 bridgehead atoms. The van der Waals surface area contributed by atoms with E-state index in [1.54, 1.807) is 0 Å². The van der Waals surface area contributed by atoms with Gasteiger partial charge < -0.3 is 10.6 Å². The summed E-state index contributed by atoms with van der Waals surface area (Å²) < 4.78 is 0. The molecule has 1 saturated heterocycles. The van der Waals surface area contributed by atoms with Gasteiger partial charge in [-0.3, -0.25) is 0 Å². The van der Waals surface area contributed by atoms with E-state index in [9.17, 15) is 0 Å². The minimum atomic E-state index is 0.700. The molecule has 0 saturated carbocycles. The Morgan fingerprint density at radius 3 is 2.67 bits per heavy atom. The lowest BCUT2D eigenvalue weighted by atomic mass is 9.99. The molecule has 1 aliphatic rings. The van der Waals surface area contributed by atoms with Crippen LogP contribution in [0.5, 0.6) is 0 Å². The predicted octanol–water partition coefficient (Wildman–Crippen LogP) is 2.50. The molecule has 2 heteroatoms. The molecular formula is C16H26N2. The minimum absolute atomic E-state index is 0.700. The second-order valence-corrected chi connectivity index (χ2v) is 5.61. The Balaban J connectivity index is 1.77. The fraction of sp³-hybridized carbons (Fsp3) is 0.625. The van der Waals surface area contributed by atoms with Crippen LogP contribution in [0.1, 0.15) is 35.1 Å². The lowest BCUT2D eigenvalue weighted by molar-refractivity contribution is 0.537. The van der Waals surface area contributed by atoms with E-state index in [1.807, 2.05) is 0 Å². The van der Waals surface area contributed by atoms with E-state index in [0.29, 0.717) is 6.04 Å². The smallest absolute Gasteiger partial charge is 0.0192 e. The van der Waals surface area contributed by atoms with Crippen LogP contribution in [-0.2, 0) is 6.42 Å². The van der Waals surface area contributed by atoms with Crippen LogP contribution in [0.2, 0.25) is 0 Å². The summed E-state index contributed by atoms with van der Waals surface area (Å²) >= 11 is 0. The lowest BCUT2D eigenvalue weighted by Crippen LogP contribution is -2.34. The van der Waals surface area contributed by atoms with Gasteiger partial charge in [0.05, 0.1) is 0 Å². The van der Waals surface area contributed by atoms with Crippen molar-refractivity contribution in [1.82, 2.24) is 10.6 Å². The second kappa shape index (κ2) is 6.35. The van der Waals surface area contributed by atoms with Crippen LogP contribution in [0.3, 0.4) is 0 Å². The van der Waals surface area contributed by atoms with Crippen molar-refractivity contribution in [3.8, 4) is 0 Å². The lowest BCUT2D eigenvalue weighted by Gasteiger charge is -2.13. The number of hydrogen-bond donors (Lipinski definition) is 2. The van der Waals surface area contributed by atoms with Crippen LogP contribution in [-0.4, -0.2) is 25.7 Å². The molecule has 1 aliphatic heterocycles. The summed E-state index contributed by atoms with van der Waals surface area (Å²) in [6.45, 7) is 10.0. The summed E-state index contributed by atoms with van der Waals surface area (Å²) in [5.41, 5.74) is 5.73. The summed E-state index contributed by atoms with van der Waals surface area (Å²) in [5, 5.41) is 7.10. The quantitative estimate of drug-likeness (QED) is 0.780. The van der Waals surface area contributed by atoms with Gasteiger partial charge in [-0.1, -0.05) is 12.1 Å². The molecular weight excluding hydrogens is 220 g/mol. The summed E-state index contributed by atoms with van der Waals surface area (Å²) in [5.74, 6) is 0. The first-order chi connectivity index (χ1) is 8.66. The molecule has 100 valence electrons. The molecule has 1 aromatic rings. The number of benzene rings is 1. The summed E-state index contributed by atoms with van der Waals surface area (Å²) in [6.07, 6.45) is 3.80. The normalized spacial score (nSPS) is 19.4. The molecule has 1 heterocycles. The van der Waals surface area contributed by atoms with Crippen molar-refractivity contribution in [3.05, 3.63) is 34.4 Å². The maximum absolute atomic E-state index is 3.57. The van der Waals surface area contributed by atoms with E-state index >= 15 is 0 Å². The van der Waals surface area contributed by atoms with Gasteiger partial charge >= 0.3 is 0 Å². The molecule has 2 rings (SSSR count). The average molecular weight is 246 g/mol. The Bertz CT molecular complexity index is 392. The third-order valence-electron chi connectivity index (χ3n) is 4.08. The highest BCUT2D eigenvalue weighted by Crippen LogP contribution is 2.15. The van der Waals surface area contributed by atoms with E-state index < -0.39 is 0 Å². The van der Waals surface area contributed by atoms with Crippen molar-refractivity contribution in [3.63, 3.8) is 0 Å². The van der Waals surface area contributed by atoms with Gasteiger partial charge in [0.15, 0.2) is 0 Å². The molecule has 1 aromatic carbocycles. The maximum atomic E-state index is 3.57. The standard InChI is InChI=1S/C16H26N2/c1-12-9-14(3)15(10-13(12)2)6-8-17-11-16-5-4-7-18-16/h9-10,16-18H,4-8,11H2,1-3H3. The molecule has 2 N–H and O–H groups in total. The first-order valence-electron chi connectivity index (χ1n) is 7.17. The minimum Gasteiger partial charge on any atom is -0.315 e. The second-order valence-electron chi connectivity index (χ2n) is 5.61. The van der Waals surface area contributed by atoms with E-state index in [-0.39, 0.29) is 0 Å². The topological polar surface area (TPSA) is 24.1 Å². The van der Waals surface area contributed by atoms with E-state index in [1.165, 1.54) is 41.6 Å². The highest BCUT2D eigenvalue weighted by Gasteiger charge is 2.12. The van der Waals surface area contributed by atoms with Crippen LogP contribution in [0.25, 0.3) is 0 Å². The van der Waals surface area contributed by atoms with Gasteiger partial charge in [-0.05, 0) is 75.4 Å². The van der Waals surface area contributed by atoms with Gasteiger partial charge in [-0.2, -0.15) is 0 Å². The monoisotopic (exact) mass is 246 g/mol. The summed E-state index contributed by atoms with van der Waals surface area (Å²) in [6, 6.07) is 5.36. The Kier molecular flexibility index (Phi) is 4.79. The molecule has 0 spiro atoms. The number of nitrogens with one attached hydrogen (secondary N) is 2. The van der Waals surface area contributed by atoms with Gasteiger partial charge in [-0.15, -0.1) is 0 Å². The highest BCUT2D eigenvalue weighted by atomic mass is 15.0.